The Balaban J connectivity index is 1.57. The SMILES string of the molecule is C=C(CC(C)(C(=O)OCC)c1ccc(C)o1)c1ccc(OCCCCCCCCCCCCCCCCCC)cc1. The lowest BCUT2D eigenvalue weighted by molar-refractivity contribution is -0.150. The Hall–Kier alpha value is -2.49. The molecular weight excluding hydrogens is 508 g/mol. The van der Waals surface area contributed by atoms with Crippen LogP contribution >= 0.6 is 0 Å². The molecule has 0 aliphatic rings. The molecule has 2 aromatic rings. The number of aryl methyl sites for hydroxylation is 1. The molecule has 0 N–H and O–H groups in total. The quantitative estimate of drug-likeness (QED) is 0.0936. The van der Waals surface area contributed by atoms with Gasteiger partial charge in [-0.15, -0.1) is 0 Å². The minimum atomic E-state index is -0.927. The molecule has 41 heavy (non-hydrogen) atoms. The van der Waals surface area contributed by atoms with Gasteiger partial charge in [0.2, 0.25) is 0 Å². The van der Waals surface area contributed by atoms with E-state index in [1.807, 2.05) is 57.2 Å². The third-order valence-electron chi connectivity index (χ3n) is 8.11. The van der Waals surface area contributed by atoms with Gasteiger partial charge in [-0.1, -0.05) is 122 Å². The molecule has 0 spiro atoms. The summed E-state index contributed by atoms with van der Waals surface area (Å²) in [6.07, 6.45) is 22.3. The van der Waals surface area contributed by atoms with Crippen LogP contribution in [0.1, 0.15) is 147 Å². The van der Waals surface area contributed by atoms with Crippen molar-refractivity contribution in [1.82, 2.24) is 0 Å². The summed E-state index contributed by atoms with van der Waals surface area (Å²) in [7, 11) is 0. The van der Waals surface area contributed by atoms with Gasteiger partial charge in [0.15, 0.2) is 0 Å². The molecule has 1 unspecified atom stereocenters. The highest BCUT2D eigenvalue weighted by atomic mass is 16.5. The summed E-state index contributed by atoms with van der Waals surface area (Å²) in [5.74, 6) is 1.95. The van der Waals surface area contributed by atoms with Gasteiger partial charge in [0, 0.05) is 0 Å². The molecule has 230 valence electrons. The van der Waals surface area contributed by atoms with Crippen molar-refractivity contribution in [3.05, 3.63) is 60.1 Å². The Morgan fingerprint density at radius 1 is 0.756 bits per heavy atom. The van der Waals surface area contributed by atoms with E-state index in [-0.39, 0.29) is 5.97 Å². The van der Waals surface area contributed by atoms with Crippen molar-refractivity contribution in [3.8, 4) is 5.75 Å². The van der Waals surface area contributed by atoms with E-state index < -0.39 is 5.41 Å². The molecule has 0 amide bonds. The molecule has 1 atom stereocenters. The van der Waals surface area contributed by atoms with Gasteiger partial charge in [-0.25, -0.2) is 0 Å². The molecule has 0 aliphatic heterocycles. The predicted molar refractivity (Wildman–Crippen MR) is 173 cm³/mol. The van der Waals surface area contributed by atoms with E-state index in [0.717, 1.165) is 35.7 Å². The molecular formula is C37H58O4. The normalized spacial score (nSPS) is 12.7. The van der Waals surface area contributed by atoms with Gasteiger partial charge < -0.3 is 13.9 Å². The zero-order valence-electron chi connectivity index (χ0n) is 26.7. The average molecular weight is 567 g/mol. The van der Waals surface area contributed by atoms with Crippen LogP contribution in [-0.2, 0) is 14.9 Å². The maximum absolute atomic E-state index is 12.9. The van der Waals surface area contributed by atoms with Crippen molar-refractivity contribution < 1.29 is 18.7 Å². The Morgan fingerprint density at radius 3 is 1.73 bits per heavy atom. The zero-order valence-corrected chi connectivity index (χ0v) is 26.7. The zero-order chi connectivity index (χ0) is 29.8. The highest BCUT2D eigenvalue weighted by Crippen LogP contribution is 2.36. The second-order valence-corrected chi connectivity index (χ2v) is 11.9. The van der Waals surface area contributed by atoms with Crippen LogP contribution in [0.2, 0.25) is 0 Å². The topological polar surface area (TPSA) is 48.7 Å². The van der Waals surface area contributed by atoms with E-state index in [4.69, 9.17) is 13.9 Å². The summed E-state index contributed by atoms with van der Waals surface area (Å²) in [5.41, 5.74) is 0.918. The van der Waals surface area contributed by atoms with Crippen LogP contribution in [0.3, 0.4) is 0 Å². The van der Waals surface area contributed by atoms with E-state index in [9.17, 15) is 4.79 Å². The molecule has 0 saturated carbocycles. The molecule has 1 heterocycles. The average Bonchev–Trinajstić information content (AvgIpc) is 3.42. The predicted octanol–water partition coefficient (Wildman–Crippen LogP) is 11.2. The minimum absolute atomic E-state index is 0.297. The number of benzene rings is 1. The summed E-state index contributed by atoms with van der Waals surface area (Å²) in [5, 5.41) is 0. The van der Waals surface area contributed by atoms with Gasteiger partial charge >= 0.3 is 5.97 Å². The van der Waals surface area contributed by atoms with Crippen LogP contribution in [-0.4, -0.2) is 19.2 Å². The fourth-order valence-electron chi connectivity index (χ4n) is 5.44. The number of hydrogen-bond acceptors (Lipinski definition) is 4. The number of unbranched alkanes of at least 4 members (excludes halogenated alkanes) is 15. The van der Waals surface area contributed by atoms with Crippen molar-refractivity contribution >= 4 is 11.5 Å². The Morgan fingerprint density at radius 2 is 1.27 bits per heavy atom. The van der Waals surface area contributed by atoms with Crippen molar-refractivity contribution in [1.29, 1.82) is 0 Å². The van der Waals surface area contributed by atoms with E-state index in [1.165, 1.54) is 96.3 Å². The summed E-state index contributed by atoms with van der Waals surface area (Å²) in [6, 6.07) is 11.8. The fraction of sp³-hybridized carbons (Fsp3) is 0.649. The first-order valence-electron chi connectivity index (χ1n) is 16.6. The van der Waals surface area contributed by atoms with Gasteiger partial charge in [0.25, 0.3) is 0 Å². The number of hydrogen-bond donors (Lipinski definition) is 0. The number of furan rings is 1. The van der Waals surface area contributed by atoms with Crippen LogP contribution in [0, 0.1) is 6.92 Å². The maximum atomic E-state index is 12.9. The monoisotopic (exact) mass is 566 g/mol. The lowest BCUT2D eigenvalue weighted by Crippen LogP contribution is -2.34. The van der Waals surface area contributed by atoms with Crippen LogP contribution in [0.25, 0.3) is 5.57 Å². The summed E-state index contributed by atoms with van der Waals surface area (Å²) >= 11 is 0. The standard InChI is InChI=1S/C37H58O4/c1-6-8-9-10-11-12-13-14-15-16-17-18-19-20-21-22-29-40-34-26-24-33(25-27-34)31(3)30-37(5,36(38)39-7-2)35-28-23-32(4)41-35/h23-28H,3,6-22,29-30H2,1-2,4-5H3. The molecule has 1 aromatic heterocycles. The first-order valence-corrected chi connectivity index (χ1v) is 16.6. The van der Waals surface area contributed by atoms with E-state index >= 15 is 0 Å². The van der Waals surface area contributed by atoms with Gasteiger partial charge in [0.1, 0.15) is 22.7 Å². The Bertz CT molecular complexity index is 973. The second-order valence-electron chi connectivity index (χ2n) is 11.9. The van der Waals surface area contributed by atoms with Crippen molar-refractivity contribution in [2.24, 2.45) is 0 Å². The lowest BCUT2D eigenvalue weighted by Gasteiger charge is -2.26. The van der Waals surface area contributed by atoms with Crippen molar-refractivity contribution in [3.63, 3.8) is 0 Å². The molecule has 4 nitrogen and oxygen atoms in total. The number of allylic oxidation sites excluding steroid dienone is 1. The van der Waals surface area contributed by atoms with E-state index in [0.29, 0.717) is 18.8 Å². The number of carbonyl (C=O) groups excluding carboxylic acids is 1. The Labute approximate surface area is 251 Å². The van der Waals surface area contributed by atoms with Gasteiger partial charge in [0.05, 0.1) is 13.2 Å². The lowest BCUT2D eigenvalue weighted by atomic mass is 9.80. The third kappa shape index (κ3) is 13.4. The smallest absolute Gasteiger partial charge is 0.319 e. The minimum Gasteiger partial charge on any atom is -0.494 e. The second kappa shape index (κ2) is 20.4. The number of esters is 1. The number of ether oxygens (including phenoxy) is 2. The number of carbonyl (C=O) groups is 1. The van der Waals surface area contributed by atoms with Crippen LogP contribution in [0.4, 0.5) is 0 Å². The molecule has 0 saturated heterocycles. The van der Waals surface area contributed by atoms with Crippen molar-refractivity contribution in [2.45, 2.75) is 142 Å². The molecule has 0 aliphatic carbocycles. The maximum Gasteiger partial charge on any atom is 0.319 e. The largest absolute Gasteiger partial charge is 0.494 e. The van der Waals surface area contributed by atoms with E-state index in [2.05, 4.69) is 13.5 Å². The van der Waals surface area contributed by atoms with Gasteiger partial charge in [-0.3, -0.25) is 4.79 Å². The van der Waals surface area contributed by atoms with E-state index in [1.54, 1.807) is 0 Å². The Kier molecular flexibility index (Phi) is 17.3. The van der Waals surface area contributed by atoms with Crippen molar-refractivity contribution in [2.75, 3.05) is 13.2 Å². The van der Waals surface area contributed by atoms with Crippen LogP contribution < -0.4 is 4.74 Å². The summed E-state index contributed by atoms with van der Waals surface area (Å²) in [6.45, 7) is 13.2. The molecule has 0 radical (unpaired) electrons. The highest BCUT2D eigenvalue weighted by molar-refractivity contribution is 5.85. The summed E-state index contributed by atoms with van der Waals surface area (Å²) < 4.78 is 17.2. The number of rotatable bonds is 24. The third-order valence-corrected chi connectivity index (χ3v) is 8.11. The van der Waals surface area contributed by atoms with Gasteiger partial charge in [-0.05, 0) is 69.0 Å². The summed E-state index contributed by atoms with van der Waals surface area (Å²) in [4.78, 5) is 12.9. The van der Waals surface area contributed by atoms with Gasteiger partial charge in [-0.2, -0.15) is 0 Å². The molecule has 2 rings (SSSR count). The fourth-order valence-corrected chi connectivity index (χ4v) is 5.44. The first-order chi connectivity index (χ1) is 19.9. The molecule has 1 aromatic carbocycles. The molecule has 4 heteroatoms. The van der Waals surface area contributed by atoms with Crippen LogP contribution in [0.5, 0.6) is 5.75 Å². The molecule has 0 bridgehead atoms. The first kappa shape index (κ1) is 34.7. The molecule has 0 fully saturated rings. The highest BCUT2D eigenvalue weighted by Gasteiger charge is 2.40. The van der Waals surface area contributed by atoms with Crippen LogP contribution in [0.15, 0.2) is 47.4 Å².